The molecule has 7 heteroatoms. The molecular formula is C19H13ClN2O4. The minimum Gasteiger partial charge on any atom is -0.461 e. The molecule has 0 fully saturated rings. The monoisotopic (exact) mass is 368 g/mol. The van der Waals surface area contributed by atoms with E-state index in [1.807, 2.05) is 6.07 Å². The first-order valence-corrected chi connectivity index (χ1v) is 8.21. The summed E-state index contributed by atoms with van der Waals surface area (Å²) in [7, 11) is 0. The van der Waals surface area contributed by atoms with E-state index < -0.39 is 5.97 Å². The summed E-state index contributed by atoms with van der Waals surface area (Å²) in [4.78, 5) is 16.9. The zero-order valence-electron chi connectivity index (χ0n) is 13.7. The summed E-state index contributed by atoms with van der Waals surface area (Å²) < 4.78 is 15.8. The first kappa shape index (κ1) is 16.4. The largest absolute Gasteiger partial charge is 0.461 e. The number of carbonyl (C=O) groups is 1. The molecule has 1 aromatic carbocycles. The molecule has 26 heavy (non-hydrogen) atoms. The molecule has 0 N–H and O–H groups in total. The summed E-state index contributed by atoms with van der Waals surface area (Å²) in [5, 5.41) is 5.23. The second-order valence-corrected chi connectivity index (χ2v) is 6.13. The fourth-order valence-corrected chi connectivity index (χ4v) is 2.76. The number of furan rings is 1. The zero-order chi connectivity index (χ0) is 18.1. The third kappa shape index (κ3) is 3.19. The molecule has 0 saturated heterocycles. The Kier molecular flexibility index (Phi) is 4.18. The highest BCUT2D eigenvalue weighted by Gasteiger charge is 2.15. The van der Waals surface area contributed by atoms with Crippen LogP contribution < -0.4 is 0 Å². The van der Waals surface area contributed by atoms with Crippen molar-refractivity contribution in [3.05, 3.63) is 70.7 Å². The maximum Gasteiger partial charge on any atom is 0.340 e. The number of aromatic nitrogens is 2. The summed E-state index contributed by atoms with van der Waals surface area (Å²) in [6, 6.07) is 12.2. The fourth-order valence-electron chi connectivity index (χ4n) is 2.58. The van der Waals surface area contributed by atoms with E-state index in [-0.39, 0.29) is 6.61 Å². The van der Waals surface area contributed by atoms with Crippen LogP contribution in [0.1, 0.15) is 21.7 Å². The van der Waals surface area contributed by atoms with Gasteiger partial charge in [0, 0.05) is 16.5 Å². The van der Waals surface area contributed by atoms with Crippen LogP contribution in [0, 0.1) is 6.92 Å². The summed E-state index contributed by atoms with van der Waals surface area (Å²) in [5.74, 6) is 0.542. The Morgan fingerprint density at radius 2 is 2.08 bits per heavy atom. The smallest absolute Gasteiger partial charge is 0.340 e. The Morgan fingerprint density at radius 3 is 2.88 bits per heavy atom. The third-order valence-corrected chi connectivity index (χ3v) is 4.10. The normalized spacial score (nSPS) is 11.0. The molecule has 0 amide bonds. The van der Waals surface area contributed by atoms with Gasteiger partial charge < -0.3 is 13.7 Å². The Labute approximate surface area is 153 Å². The Bertz CT molecular complexity index is 1090. The lowest BCUT2D eigenvalue weighted by Gasteiger charge is -2.07. The number of fused-ring (bicyclic) bond motifs is 1. The van der Waals surface area contributed by atoms with E-state index in [1.165, 1.54) is 0 Å². The second-order valence-electron chi connectivity index (χ2n) is 5.69. The van der Waals surface area contributed by atoms with Crippen LogP contribution in [-0.4, -0.2) is 16.1 Å². The van der Waals surface area contributed by atoms with Crippen LogP contribution in [0.4, 0.5) is 0 Å². The first-order valence-electron chi connectivity index (χ1n) is 7.83. The van der Waals surface area contributed by atoms with Gasteiger partial charge in [0.15, 0.2) is 5.76 Å². The lowest BCUT2D eigenvalue weighted by molar-refractivity contribution is 0.0463. The topological polar surface area (TPSA) is 78.4 Å². The quantitative estimate of drug-likeness (QED) is 0.481. The molecule has 0 radical (unpaired) electrons. The number of carbonyl (C=O) groups excluding carboxylic acids is 1. The van der Waals surface area contributed by atoms with Crippen molar-refractivity contribution in [2.24, 2.45) is 0 Å². The summed E-state index contributed by atoms with van der Waals surface area (Å²) >= 11 is 6.01. The number of aryl methyl sites for hydroxylation is 1. The van der Waals surface area contributed by atoms with Gasteiger partial charge in [-0.05, 0) is 43.3 Å². The molecule has 0 saturated carbocycles. The van der Waals surface area contributed by atoms with Crippen molar-refractivity contribution in [1.82, 2.24) is 10.1 Å². The number of benzene rings is 1. The van der Waals surface area contributed by atoms with E-state index in [0.717, 1.165) is 10.9 Å². The molecule has 0 atom stereocenters. The van der Waals surface area contributed by atoms with Crippen LogP contribution in [0.2, 0.25) is 5.02 Å². The zero-order valence-corrected chi connectivity index (χ0v) is 14.5. The highest BCUT2D eigenvalue weighted by molar-refractivity contribution is 6.31. The number of halogens is 1. The Balaban J connectivity index is 1.51. The van der Waals surface area contributed by atoms with Crippen LogP contribution >= 0.6 is 11.6 Å². The van der Waals surface area contributed by atoms with Crippen molar-refractivity contribution >= 4 is 28.5 Å². The molecular weight excluding hydrogens is 356 g/mol. The van der Waals surface area contributed by atoms with Crippen LogP contribution in [0.25, 0.3) is 22.4 Å². The van der Waals surface area contributed by atoms with Crippen molar-refractivity contribution in [2.45, 2.75) is 13.5 Å². The first-order chi connectivity index (χ1) is 12.6. The van der Waals surface area contributed by atoms with Gasteiger partial charge in [-0.15, -0.1) is 0 Å². The number of nitrogens with zero attached hydrogens (tertiary/aromatic N) is 2. The highest BCUT2D eigenvalue weighted by atomic mass is 35.5. The van der Waals surface area contributed by atoms with Gasteiger partial charge in [-0.3, -0.25) is 4.98 Å². The maximum atomic E-state index is 12.4. The van der Waals surface area contributed by atoms with Gasteiger partial charge in [0.05, 0.1) is 23.0 Å². The van der Waals surface area contributed by atoms with Gasteiger partial charge in [0.1, 0.15) is 12.3 Å². The van der Waals surface area contributed by atoms with Gasteiger partial charge in [-0.2, -0.15) is 0 Å². The predicted molar refractivity (Wildman–Crippen MR) is 94.8 cm³/mol. The maximum absolute atomic E-state index is 12.4. The van der Waals surface area contributed by atoms with Crippen LogP contribution in [0.15, 0.2) is 57.7 Å². The molecule has 0 spiro atoms. The standard InChI is InChI=1S/C19H13ClN2O4/c1-11-15(8-12-7-13(20)4-5-16(12)21-11)19(23)25-10-14-9-18(26-22-14)17-3-2-6-24-17/h2-9H,10H2,1H3. The lowest BCUT2D eigenvalue weighted by atomic mass is 10.1. The van der Waals surface area contributed by atoms with Gasteiger partial charge in [0.25, 0.3) is 0 Å². The van der Waals surface area contributed by atoms with Crippen molar-refractivity contribution < 1.29 is 18.5 Å². The summed E-state index contributed by atoms with van der Waals surface area (Å²) in [5.41, 5.74) is 2.22. The van der Waals surface area contributed by atoms with E-state index in [0.29, 0.717) is 33.5 Å². The minimum atomic E-state index is -0.487. The Hall–Kier alpha value is -3.12. The SMILES string of the molecule is Cc1nc2ccc(Cl)cc2cc1C(=O)OCc1cc(-c2ccco2)on1. The van der Waals surface area contributed by atoms with Crippen LogP contribution in [0.5, 0.6) is 0 Å². The molecule has 3 aromatic heterocycles. The molecule has 0 unspecified atom stereocenters. The predicted octanol–water partition coefficient (Wildman–Crippen LogP) is 4.80. The average Bonchev–Trinajstić information content (AvgIpc) is 3.30. The van der Waals surface area contributed by atoms with Gasteiger partial charge in [-0.25, -0.2) is 4.79 Å². The number of pyridine rings is 1. The number of hydrogen-bond donors (Lipinski definition) is 0. The van der Waals surface area contributed by atoms with Crippen LogP contribution in [0.3, 0.4) is 0 Å². The number of ether oxygens (including phenoxy) is 1. The van der Waals surface area contributed by atoms with Gasteiger partial charge >= 0.3 is 5.97 Å². The lowest BCUT2D eigenvalue weighted by Crippen LogP contribution is -2.08. The molecule has 130 valence electrons. The van der Waals surface area contributed by atoms with E-state index >= 15 is 0 Å². The highest BCUT2D eigenvalue weighted by Crippen LogP contribution is 2.23. The molecule has 4 rings (SSSR count). The van der Waals surface area contributed by atoms with Crippen molar-refractivity contribution in [3.63, 3.8) is 0 Å². The van der Waals surface area contributed by atoms with Gasteiger partial charge in [-0.1, -0.05) is 16.8 Å². The Morgan fingerprint density at radius 1 is 1.19 bits per heavy atom. The van der Waals surface area contributed by atoms with E-state index in [2.05, 4.69) is 10.1 Å². The fraction of sp³-hybridized carbons (Fsp3) is 0.105. The summed E-state index contributed by atoms with van der Waals surface area (Å²) in [6.07, 6.45) is 1.54. The van der Waals surface area contributed by atoms with Gasteiger partial charge in [0.2, 0.25) is 5.76 Å². The number of esters is 1. The molecule has 3 heterocycles. The molecule has 6 nitrogen and oxygen atoms in total. The molecule has 0 bridgehead atoms. The molecule has 0 aliphatic carbocycles. The van der Waals surface area contributed by atoms with Crippen molar-refractivity contribution in [1.29, 1.82) is 0 Å². The minimum absolute atomic E-state index is 0.0178. The molecule has 4 aromatic rings. The van der Waals surface area contributed by atoms with E-state index in [1.54, 1.807) is 49.6 Å². The number of hydrogen-bond acceptors (Lipinski definition) is 6. The summed E-state index contributed by atoms with van der Waals surface area (Å²) in [6.45, 7) is 1.74. The number of rotatable bonds is 4. The van der Waals surface area contributed by atoms with Crippen LogP contribution in [-0.2, 0) is 11.3 Å². The molecule has 0 aliphatic rings. The second kappa shape index (κ2) is 6.65. The average molecular weight is 369 g/mol. The van der Waals surface area contributed by atoms with Crippen molar-refractivity contribution in [3.8, 4) is 11.5 Å². The third-order valence-electron chi connectivity index (χ3n) is 3.86. The van der Waals surface area contributed by atoms with E-state index in [9.17, 15) is 4.79 Å². The van der Waals surface area contributed by atoms with Crippen molar-refractivity contribution in [2.75, 3.05) is 0 Å². The van der Waals surface area contributed by atoms with E-state index in [4.69, 9.17) is 25.3 Å². The molecule has 0 aliphatic heterocycles.